The Kier molecular flexibility index (Phi) is 7.66. The zero-order valence-electron chi connectivity index (χ0n) is 19.4. The van der Waals surface area contributed by atoms with Crippen molar-refractivity contribution in [2.75, 3.05) is 54.8 Å². The van der Waals surface area contributed by atoms with E-state index < -0.39 is 10.0 Å². The van der Waals surface area contributed by atoms with Gasteiger partial charge in [0, 0.05) is 31.9 Å². The minimum Gasteiger partial charge on any atom is -0.494 e. The van der Waals surface area contributed by atoms with Crippen molar-refractivity contribution < 1.29 is 17.9 Å². The van der Waals surface area contributed by atoms with E-state index in [-0.39, 0.29) is 12.5 Å². The van der Waals surface area contributed by atoms with E-state index in [0.29, 0.717) is 31.1 Å². The number of nitrogens with zero attached hydrogens (tertiary/aromatic N) is 3. The fraction of sp³-hybridized carbons (Fsp3) is 0.458. The highest BCUT2D eigenvalue weighted by Crippen LogP contribution is 2.25. The number of carbonyl (C=O) groups is 1. The number of sulfonamides is 1. The van der Waals surface area contributed by atoms with E-state index >= 15 is 0 Å². The first-order chi connectivity index (χ1) is 15.2. The van der Waals surface area contributed by atoms with Crippen molar-refractivity contribution in [3.05, 3.63) is 53.6 Å². The van der Waals surface area contributed by atoms with Gasteiger partial charge in [0.15, 0.2) is 0 Å². The number of hydrogen-bond donors (Lipinski definition) is 0. The predicted octanol–water partition coefficient (Wildman–Crippen LogP) is 3.21. The van der Waals surface area contributed by atoms with Gasteiger partial charge in [0.05, 0.1) is 18.6 Å². The molecule has 0 aromatic heterocycles. The van der Waals surface area contributed by atoms with Gasteiger partial charge in [-0.05, 0) is 61.7 Å². The molecule has 174 valence electrons. The Morgan fingerprint density at radius 1 is 1.03 bits per heavy atom. The van der Waals surface area contributed by atoms with Crippen LogP contribution in [0.15, 0.2) is 42.5 Å². The molecule has 1 amide bonds. The molecule has 1 fully saturated rings. The van der Waals surface area contributed by atoms with Gasteiger partial charge >= 0.3 is 0 Å². The zero-order chi connectivity index (χ0) is 23.3. The van der Waals surface area contributed by atoms with Gasteiger partial charge < -0.3 is 14.5 Å². The average Bonchev–Trinajstić information content (AvgIpc) is 2.77. The summed E-state index contributed by atoms with van der Waals surface area (Å²) >= 11 is 0. The SMILES string of the molecule is CCCOc1ccc(N(CC(=O)N2CCN(c3cccc(C)c3C)CC2)S(C)(=O)=O)cc1. The van der Waals surface area contributed by atoms with Gasteiger partial charge in [-0.3, -0.25) is 9.10 Å². The minimum atomic E-state index is -3.61. The Balaban J connectivity index is 1.65. The molecular formula is C24H33N3O4S. The van der Waals surface area contributed by atoms with Crippen molar-refractivity contribution >= 4 is 27.3 Å². The van der Waals surface area contributed by atoms with E-state index in [1.807, 2.05) is 6.92 Å². The van der Waals surface area contributed by atoms with Crippen LogP contribution in [0, 0.1) is 13.8 Å². The number of piperazine rings is 1. The van der Waals surface area contributed by atoms with Crippen LogP contribution in [-0.4, -0.2) is 64.8 Å². The normalized spacial score (nSPS) is 14.4. The Labute approximate surface area is 191 Å². The third-order valence-corrected chi connectivity index (χ3v) is 6.97. The van der Waals surface area contributed by atoms with Crippen LogP contribution in [0.3, 0.4) is 0 Å². The van der Waals surface area contributed by atoms with Crippen LogP contribution in [0.2, 0.25) is 0 Å². The number of rotatable bonds is 8. The molecule has 1 aliphatic rings. The first kappa shape index (κ1) is 23.9. The summed E-state index contributed by atoms with van der Waals surface area (Å²) in [6.07, 6.45) is 2.02. The minimum absolute atomic E-state index is 0.192. The topological polar surface area (TPSA) is 70.2 Å². The Bertz CT molecular complexity index is 1030. The van der Waals surface area contributed by atoms with Crippen molar-refractivity contribution in [2.24, 2.45) is 0 Å². The number of amides is 1. The van der Waals surface area contributed by atoms with Crippen LogP contribution in [0.5, 0.6) is 5.75 Å². The van der Waals surface area contributed by atoms with Gasteiger partial charge in [0.1, 0.15) is 12.3 Å². The molecule has 32 heavy (non-hydrogen) atoms. The monoisotopic (exact) mass is 459 g/mol. The van der Waals surface area contributed by atoms with Crippen molar-refractivity contribution in [3.63, 3.8) is 0 Å². The maximum atomic E-state index is 13.0. The molecule has 2 aromatic rings. The molecule has 0 radical (unpaired) electrons. The quantitative estimate of drug-likeness (QED) is 0.606. The van der Waals surface area contributed by atoms with Crippen LogP contribution in [0.25, 0.3) is 0 Å². The number of ether oxygens (including phenoxy) is 1. The lowest BCUT2D eigenvalue weighted by atomic mass is 10.1. The fourth-order valence-corrected chi connectivity index (χ4v) is 4.68. The first-order valence-corrected chi connectivity index (χ1v) is 12.8. The number of aryl methyl sites for hydroxylation is 1. The Hall–Kier alpha value is -2.74. The summed E-state index contributed by atoms with van der Waals surface area (Å²) in [7, 11) is -3.61. The van der Waals surface area contributed by atoms with E-state index in [2.05, 4.69) is 36.9 Å². The van der Waals surface area contributed by atoms with Crippen molar-refractivity contribution in [1.29, 1.82) is 0 Å². The van der Waals surface area contributed by atoms with E-state index in [0.717, 1.165) is 30.1 Å². The number of anilines is 2. The molecule has 8 heteroatoms. The molecule has 1 aliphatic heterocycles. The zero-order valence-corrected chi connectivity index (χ0v) is 20.2. The van der Waals surface area contributed by atoms with Crippen molar-refractivity contribution in [2.45, 2.75) is 27.2 Å². The maximum absolute atomic E-state index is 13.0. The molecule has 7 nitrogen and oxygen atoms in total. The maximum Gasteiger partial charge on any atom is 0.243 e. The van der Waals surface area contributed by atoms with Crippen molar-refractivity contribution in [1.82, 2.24) is 4.90 Å². The van der Waals surface area contributed by atoms with Crippen LogP contribution >= 0.6 is 0 Å². The third-order valence-electron chi connectivity index (χ3n) is 5.83. The summed E-state index contributed by atoms with van der Waals surface area (Å²) in [5, 5.41) is 0. The van der Waals surface area contributed by atoms with Gasteiger partial charge in [0.2, 0.25) is 15.9 Å². The van der Waals surface area contributed by atoms with Gasteiger partial charge in [0.25, 0.3) is 0 Å². The lowest BCUT2D eigenvalue weighted by Gasteiger charge is -2.37. The van der Waals surface area contributed by atoms with Gasteiger partial charge in [-0.1, -0.05) is 19.1 Å². The van der Waals surface area contributed by atoms with Crippen LogP contribution < -0.4 is 13.9 Å². The molecule has 0 saturated carbocycles. The smallest absolute Gasteiger partial charge is 0.243 e. The van der Waals surface area contributed by atoms with E-state index in [1.54, 1.807) is 29.2 Å². The summed E-state index contributed by atoms with van der Waals surface area (Å²) in [6, 6.07) is 13.1. The second-order valence-electron chi connectivity index (χ2n) is 8.20. The highest BCUT2D eigenvalue weighted by Gasteiger charge is 2.27. The van der Waals surface area contributed by atoms with E-state index in [4.69, 9.17) is 4.74 Å². The summed E-state index contributed by atoms with van der Waals surface area (Å²) in [4.78, 5) is 17.0. The van der Waals surface area contributed by atoms with Crippen LogP contribution in [-0.2, 0) is 14.8 Å². The largest absolute Gasteiger partial charge is 0.494 e. The second-order valence-corrected chi connectivity index (χ2v) is 10.1. The molecular weight excluding hydrogens is 426 g/mol. The molecule has 0 aliphatic carbocycles. The van der Waals surface area contributed by atoms with Gasteiger partial charge in [-0.15, -0.1) is 0 Å². The third kappa shape index (κ3) is 5.73. The van der Waals surface area contributed by atoms with Gasteiger partial charge in [-0.2, -0.15) is 0 Å². The summed E-state index contributed by atoms with van der Waals surface area (Å²) in [5.41, 5.74) is 4.15. The molecule has 0 spiro atoms. The van der Waals surface area contributed by atoms with E-state index in [9.17, 15) is 13.2 Å². The van der Waals surface area contributed by atoms with Crippen molar-refractivity contribution in [3.8, 4) is 5.75 Å². The summed E-state index contributed by atoms with van der Waals surface area (Å²) in [6.45, 7) is 9.19. The highest BCUT2D eigenvalue weighted by molar-refractivity contribution is 7.92. The predicted molar refractivity (Wildman–Crippen MR) is 129 cm³/mol. The fourth-order valence-electron chi connectivity index (χ4n) is 3.83. The Morgan fingerprint density at radius 2 is 1.69 bits per heavy atom. The second kappa shape index (κ2) is 10.3. The lowest BCUT2D eigenvalue weighted by molar-refractivity contribution is -0.129. The molecule has 3 rings (SSSR count). The highest BCUT2D eigenvalue weighted by atomic mass is 32.2. The Morgan fingerprint density at radius 3 is 2.28 bits per heavy atom. The van der Waals surface area contributed by atoms with Gasteiger partial charge in [-0.25, -0.2) is 8.42 Å². The number of carbonyl (C=O) groups excluding carboxylic acids is 1. The standard InChI is InChI=1S/C24H33N3O4S/c1-5-17-31-22-11-9-21(10-12-22)27(32(4,29)30)18-24(28)26-15-13-25(14-16-26)23-8-6-7-19(2)20(23)3/h6-12H,5,13-18H2,1-4H3. The lowest BCUT2D eigenvalue weighted by Crippen LogP contribution is -2.52. The molecule has 0 atom stereocenters. The molecule has 0 unspecified atom stereocenters. The molecule has 0 bridgehead atoms. The van der Waals surface area contributed by atoms with E-state index in [1.165, 1.54) is 16.8 Å². The number of hydrogen-bond acceptors (Lipinski definition) is 5. The molecule has 0 N–H and O–H groups in total. The molecule has 1 saturated heterocycles. The molecule has 2 aromatic carbocycles. The summed E-state index contributed by atoms with van der Waals surface area (Å²) < 4.78 is 31.6. The summed E-state index contributed by atoms with van der Waals surface area (Å²) in [5.74, 6) is 0.486. The van der Waals surface area contributed by atoms with Crippen LogP contribution in [0.4, 0.5) is 11.4 Å². The number of benzene rings is 2. The average molecular weight is 460 g/mol. The van der Waals surface area contributed by atoms with Crippen LogP contribution in [0.1, 0.15) is 24.5 Å². The molecule has 1 heterocycles. The first-order valence-electron chi connectivity index (χ1n) is 11.0.